The van der Waals surface area contributed by atoms with Crippen molar-refractivity contribution >= 4 is 35.2 Å². The standard InChI is InChI=1S/C20H15F4N5O2/c21-15-6-1-12(20(22,23)24)8-16(15)29(19(26)30)14-4-2-13(3-5-14)28-9-11-7-17(25)31-18(11)27-10-28/h1-9H,10,25H2,(H2,26,30). The van der Waals surface area contributed by atoms with E-state index in [0.29, 0.717) is 39.6 Å². The molecule has 0 atom stereocenters. The van der Waals surface area contributed by atoms with Gasteiger partial charge in [0.25, 0.3) is 0 Å². The first-order valence-corrected chi connectivity index (χ1v) is 8.88. The van der Waals surface area contributed by atoms with Gasteiger partial charge in [-0.1, -0.05) is 0 Å². The predicted octanol–water partition coefficient (Wildman–Crippen LogP) is 3.07. The number of anilines is 4. The number of benzene rings is 2. The molecule has 3 aromatic rings. The molecule has 4 N–H and O–H groups in total. The van der Waals surface area contributed by atoms with Crippen molar-refractivity contribution in [1.29, 1.82) is 0 Å². The Labute approximate surface area is 172 Å². The molecule has 0 bridgehead atoms. The third-order valence-electron chi connectivity index (χ3n) is 4.60. The highest BCUT2D eigenvalue weighted by Gasteiger charge is 2.32. The van der Waals surface area contributed by atoms with Gasteiger partial charge in [-0.05, 0) is 42.5 Å². The zero-order chi connectivity index (χ0) is 22.3. The molecule has 1 aliphatic rings. The molecule has 0 spiro atoms. The number of furan rings is 1. The largest absolute Gasteiger partial charge is 0.423 e. The van der Waals surface area contributed by atoms with Crippen molar-refractivity contribution in [2.75, 3.05) is 22.2 Å². The normalized spacial score (nSPS) is 13.2. The van der Waals surface area contributed by atoms with Crippen LogP contribution in [0.2, 0.25) is 0 Å². The van der Waals surface area contributed by atoms with Crippen LogP contribution in [0.4, 0.5) is 45.3 Å². The molecule has 2 heterocycles. The van der Waals surface area contributed by atoms with E-state index >= 15 is 0 Å². The summed E-state index contributed by atoms with van der Waals surface area (Å²) in [7, 11) is 0. The number of hydrogen-bond donors (Lipinski definition) is 2. The fourth-order valence-electron chi connectivity index (χ4n) is 3.17. The van der Waals surface area contributed by atoms with E-state index in [1.807, 2.05) is 0 Å². The summed E-state index contributed by atoms with van der Waals surface area (Å²) >= 11 is 0. The number of hydrogen-bond acceptors (Lipinski definition) is 5. The van der Waals surface area contributed by atoms with Crippen molar-refractivity contribution in [2.24, 2.45) is 10.7 Å². The molecule has 0 radical (unpaired) electrons. The van der Waals surface area contributed by atoms with Gasteiger partial charge in [-0.2, -0.15) is 13.2 Å². The lowest BCUT2D eigenvalue weighted by Gasteiger charge is -2.24. The number of rotatable bonds is 3. The fourth-order valence-corrected chi connectivity index (χ4v) is 3.17. The second-order valence-corrected chi connectivity index (χ2v) is 6.66. The molecule has 4 rings (SSSR count). The Kier molecular flexibility index (Phi) is 4.80. The van der Waals surface area contributed by atoms with Crippen molar-refractivity contribution in [3.8, 4) is 0 Å². The third kappa shape index (κ3) is 3.89. The highest BCUT2D eigenvalue weighted by Crippen LogP contribution is 2.36. The number of primary amides is 1. The van der Waals surface area contributed by atoms with E-state index in [1.54, 1.807) is 29.3 Å². The van der Waals surface area contributed by atoms with Gasteiger partial charge in [0.15, 0.2) is 5.88 Å². The zero-order valence-corrected chi connectivity index (χ0v) is 15.7. The van der Waals surface area contributed by atoms with Crippen LogP contribution < -0.4 is 32.0 Å². The molecule has 1 aliphatic heterocycles. The molecule has 2 aromatic carbocycles. The van der Waals surface area contributed by atoms with Crippen LogP contribution in [0.25, 0.3) is 6.20 Å². The molecule has 31 heavy (non-hydrogen) atoms. The highest BCUT2D eigenvalue weighted by atomic mass is 19.4. The second-order valence-electron chi connectivity index (χ2n) is 6.66. The smallest absolute Gasteiger partial charge is 0.416 e. The average Bonchev–Trinajstić information content (AvgIpc) is 3.08. The third-order valence-corrected chi connectivity index (χ3v) is 4.60. The molecule has 1 aromatic heterocycles. The highest BCUT2D eigenvalue weighted by molar-refractivity contribution is 5.98. The number of nitrogens with two attached hydrogens (primary N) is 2. The minimum absolute atomic E-state index is 0.0941. The Morgan fingerprint density at radius 3 is 2.48 bits per heavy atom. The molecular formula is C20H15F4N5O2. The maximum Gasteiger partial charge on any atom is 0.416 e. The molecule has 0 saturated carbocycles. The predicted molar refractivity (Wildman–Crippen MR) is 105 cm³/mol. The number of halogens is 4. The number of alkyl halides is 3. The van der Waals surface area contributed by atoms with Crippen LogP contribution in [-0.4, -0.2) is 12.7 Å². The van der Waals surface area contributed by atoms with E-state index in [2.05, 4.69) is 4.99 Å². The summed E-state index contributed by atoms with van der Waals surface area (Å²) in [6, 6.07) is 8.31. The van der Waals surface area contributed by atoms with Gasteiger partial charge in [-0.3, -0.25) is 4.90 Å². The summed E-state index contributed by atoms with van der Waals surface area (Å²) in [5, 5.41) is 0.678. The second kappa shape index (κ2) is 7.35. The van der Waals surface area contributed by atoms with E-state index in [0.717, 1.165) is 0 Å². The quantitative estimate of drug-likeness (QED) is 0.620. The number of nitrogen functional groups attached to an aromatic ring is 1. The summed E-state index contributed by atoms with van der Waals surface area (Å²) in [6.07, 6.45) is -2.95. The van der Waals surface area contributed by atoms with Gasteiger partial charge < -0.3 is 20.8 Å². The lowest BCUT2D eigenvalue weighted by molar-refractivity contribution is -0.137. The molecule has 2 amide bonds. The topological polar surface area (TPSA) is 101 Å². The minimum atomic E-state index is -4.71. The lowest BCUT2D eigenvalue weighted by Crippen LogP contribution is -2.33. The van der Waals surface area contributed by atoms with Crippen LogP contribution in [0, 0.1) is 5.82 Å². The molecular weight excluding hydrogens is 418 g/mol. The van der Waals surface area contributed by atoms with Gasteiger partial charge >= 0.3 is 12.2 Å². The van der Waals surface area contributed by atoms with Crippen molar-refractivity contribution in [3.63, 3.8) is 0 Å². The number of amides is 2. The number of urea groups is 1. The monoisotopic (exact) mass is 433 g/mol. The first kappa shape index (κ1) is 20.3. The van der Waals surface area contributed by atoms with E-state index in [4.69, 9.17) is 15.9 Å². The van der Waals surface area contributed by atoms with Crippen LogP contribution in [0.1, 0.15) is 5.56 Å². The Morgan fingerprint density at radius 2 is 1.84 bits per heavy atom. The molecule has 160 valence electrons. The Morgan fingerprint density at radius 1 is 1.13 bits per heavy atom. The number of carbonyl (C=O) groups is 1. The maximum atomic E-state index is 14.3. The van der Waals surface area contributed by atoms with Gasteiger partial charge in [-0.25, -0.2) is 14.2 Å². The van der Waals surface area contributed by atoms with Crippen LogP contribution in [0.5, 0.6) is 0 Å². The Hall–Kier alpha value is -4.02. The van der Waals surface area contributed by atoms with Crippen molar-refractivity contribution in [3.05, 3.63) is 70.7 Å². The summed E-state index contributed by atoms with van der Waals surface area (Å²) < 4.78 is 58.7. The van der Waals surface area contributed by atoms with Gasteiger partial charge in [0.2, 0.25) is 5.55 Å². The zero-order valence-electron chi connectivity index (χ0n) is 15.7. The molecule has 11 heteroatoms. The van der Waals surface area contributed by atoms with Gasteiger partial charge in [0.05, 0.1) is 22.2 Å². The number of nitrogens with zero attached hydrogens (tertiary/aromatic N) is 3. The van der Waals surface area contributed by atoms with Crippen molar-refractivity contribution in [1.82, 2.24) is 0 Å². The average molecular weight is 433 g/mol. The van der Waals surface area contributed by atoms with Crippen LogP contribution in [0.3, 0.4) is 0 Å². The van der Waals surface area contributed by atoms with E-state index < -0.39 is 29.3 Å². The summed E-state index contributed by atoms with van der Waals surface area (Å²) in [6.45, 7) is 0.237. The van der Waals surface area contributed by atoms with Crippen molar-refractivity contribution in [2.45, 2.75) is 6.18 Å². The van der Waals surface area contributed by atoms with E-state index in [9.17, 15) is 22.4 Å². The summed E-state index contributed by atoms with van der Waals surface area (Å²) in [5.74, 6) is -0.800. The van der Waals surface area contributed by atoms with Gasteiger partial charge in [0, 0.05) is 18.0 Å². The van der Waals surface area contributed by atoms with E-state index in [-0.39, 0.29) is 18.2 Å². The first-order valence-electron chi connectivity index (χ1n) is 8.88. The molecule has 0 saturated heterocycles. The summed E-state index contributed by atoms with van der Waals surface area (Å²) in [5.41, 5.74) is 10.4. The maximum absolute atomic E-state index is 14.3. The van der Waals surface area contributed by atoms with Crippen molar-refractivity contribution < 1.29 is 26.8 Å². The number of fused-ring (bicyclic) bond motifs is 1. The lowest BCUT2D eigenvalue weighted by atomic mass is 10.1. The molecule has 0 fully saturated rings. The van der Waals surface area contributed by atoms with Gasteiger partial charge in [-0.15, -0.1) is 0 Å². The number of carbonyl (C=O) groups excluding carboxylic acids is 1. The first-order chi connectivity index (χ1) is 14.6. The molecule has 0 aliphatic carbocycles. The van der Waals surface area contributed by atoms with E-state index in [1.165, 1.54) is 12.1 Å². The molecule has 0 unspecified atom stereocenters. The minimum Gasteiger partial charge on any atom is -0.423 e. The van der Waals surface area contributed by atoms with Crippen LogP contribution in [0.15, 0.2) is 57.9 Å². The summed E-state index contributed by atoms with van der Waals surface area (Å²) in [4.78, 5) is 18.7. The molecule has 7 nitrogen and oxygen atoms in total. The SMILES string of the molecule is NC(=O)N(c1ccc(N2C=c3cc(N)oc3=NC2)cc1)c1cc(C(F)(F)F)ccc1F. The van der Waals surface area contributed by atoms with Crippen LogP contribution in [-0.2, 0) is 6.18 Å². The van der Waals surface area contributed by atoms with Crippen LogP contribution >= 0.6 is 0 Å². The Bertz CT molecular complexity index is 1270. The Balaban J connectivity index is 1.68. The van der Waals surface area contributed by atoms with Gasteiger partial charge in [0.1, 0.15) is 12.5 Å². The fraction of sp³-hybridized carbons (Fsp3) is 0.100.